The van der Waals surface area contributed by atoms with E-state index >= 15 is 0 Å². The minimum Gasteiger partial charge on any atom is -0.339 e. The highest BCUT2D eigenvalue weighted by Gasteiger charge is 2.18. The van der Waals surface area contributed by atoms with Crippen LogP contribution in [0.3, 0.4) is 0 Å². The van der Waals surface area contributed by atoms with Gasteiger partial charge >= 0.3 is 0 Å². The van der Waals surface area contributed by atoms with Crippen molar-refractivity contribution < 1.29 is 0 Å². The van der Waals surface area contributed by atoms with Gasteiger partial charge in [0.15, 0.2) is 0 Å². The summed E-state index contributed by atoms with van der Waals surface area (Å²) in [5.41, 5.74) is 8.50. The fourth-order valence-corrected chi connectivity index (χ4v) is 5.88. The Labute approximate surface area is 173 Å². The van der Waals surface area contributed by atoms with Gasteiger partial charge in [-0.15, -0.1) is 22.7 Å². The second-order valence-corrected chi connectivity index (χ2v) is 9.53. The van der Waals surface area contributed by atoms with E-state index in [9.17, 15) is 0 Å². The van der Waals surface area contributed by atoms with Crippen molar-refractivity contribution in [3.8, 4) is 21.1 Å². The fraction of sp³-hybridized carbons (Fsp3) is 0.500. The molecule has 1 nitrogen and oxygen atoms in total. The average Bonchev–Trinajstić information content (AvgIpc) is 3.31. The minimum absolute atomic E-state index is 1.12. The number of hydrogen-bond donors (Lipinski definition) is 0. The number of aromatic nitrogens is 1. The molecule has 0 spiro atoms. The third kappa shape index (κ3) is 4.41. The van der Waals surface area contributed by atoms with E-state index in [0.717, 1.165) is 6.54 Å². The Morgan fingerprint density at radius 1 is 0.704 bits per heavy atom. The van der Waals surface area contributed by atoms with Gasteiger partial charge in [-0.05, 0) is 79.3 Å². The summed E-state index contributed by atoms with van der Waals surface area (Å²) in [7, 11) is 0. The molecule has 0 atom stereocenters. The van der Waals surface area contributed by atoms with Gasteiger partial charge in [-0.3, -0.25) is 0 Å². The van der Waals surface area contributed by atoms with E-state index in [4.69, 9.17) is 0 Å². The summed E-state index contributed by atoms with van der Waals surface area (Å²) in [6, 6.07) is 4.69. The van der Waals surface area contributed by atoms with Crippen LogP contribution < -0.4 is 0 Å². The zero-order valence-corrected chi connectivity index (χ0v) is 19.2. The fourth-order valence-electron chi connectivity index (χ4n) is 3.67. The van der Waals surface area contributed by atoms with Gasteiger partial charge in [0.05, 0.1) is 21.1 Å². The molecule has 0 amide bonds. The van der Waals surface area contributed by atoms with Gasteiger partial charge in [0, 0.05) is 6.54 Å². The molecule has 0 saturated carbocycles. The standard InChI is InChI=1S/C24H33NS2/c1-6-7-8-9-10-11-14-25-21(23-19(4)17(2)15-26-23)12-13-22(25)24-20(5)18(3)16-27-24/h12-13,15-16H,6-11,14H2,1-5H3. The predicted octanol–water partition coefficient (Wildman–Crippen LogP) is 8.54. The molecule has 0 aliphatic rings. The number of unbranched alkanes of at least 4 members (excludes halogenated alkanes) is 5. The first kappa shape index (κ1) is 20.4. The van der Waals surface area contributed by atoms with Crippen LogP contribution in [0, 0.1) is 27.7 Å². The third-order valence-electron chi connectivity index (χ3n) is 5.75. The summed E-state index contributed by atoms with van der Waals surface area (Å²) in [5.74, 6) is 0. The van der Waals surface area contributed by atoms with Crippen LogP contribution in [0.2, 0.25) is 0 Å². The Bertz CT molecular complexity index is 815. The van der Waals surface area contributed by atoms with Crippen LogP contribution in [-0.2, 0) is 6.54 Å². The number of nitrogens with zero attached hydrogens (tertiary/aromatic N) is 1. The van der Waals surface area contributed by atoms with Crippen LogP contribution in [-0.4, -0.2) is 4.57 Å². The molecule has 0 bridgehead atoms. The van der Waals surface area contributed by atoms with Gasteiger partial charge in [0.1, 0.15) is 0 Å². The molecule has 146 valence electrons. The molecule has 0 aliphatic carbocycles. The van der Waals surface area contributed by atoms with Gasteiger partial charge in [0.2, 0.25) is 0 Å². The van der Waals surface area contributed by atoms with E-state index in [1.54, 1.807) is 0 Å². The van der Waals surface area contributed by atoms with Crippen LogP contribution >= 0.6 is 22.7 Å². The second-order valence-electron chi connectivity index (χ2n) is 7.77. The monoisotopic (exact) mass is 399 g/mol. The zero-order chi connectivity index (χ0) is 19.4. The molecule has 3 heterocycles. The lowest BCUT2D eigenvalue weighted by Gasteiger charge is -2.14. The van der Waals surface area contributed by atoms with Crippen molar-refractivity contribution in [1.82, 2.24) is 4.57 Å². The van der Waals surface area contributed by atoms with Crippen LogP contribution in [0.25, 0.3) is 21.1 Å². The van der Waals surface area contributed by atoms with Gasteiger partial charge in [-0.2, -0.15) is 0 Å². The molecule has 0 saturated heterocycles. The molecule has 0 aliphatic heterocycles. The molecule has 3 aromatic rings. The highest BCUT2D eigenvalue weighted by Crippen LogP contribution is 2.39. The molecule has 0 fully saturated rings. The first-order valence-corrected chi connectivity index (χ1v) is 12.1. The van der Waals surface area contributed by atoms with Crippen molar-refractivity contribution in [2.75, 3.05) is 0 Å². The summed E-state index contributed by atoms with van der Waals surface area (Å²) in [6.07, 6.45) is 8.05. The van der Waals surface area contributed by atoms with Crippen LogP contribution in [0.1, 0.15) is 67.7 Å². The normalized spacial score (nSPS) is 11.4. The first-order chi connectivity index (χ1) is 13.0. The average molecular weight is 400 g/mol. The van der Waals surface area contributed by atoms with E-state index in [1.165, 1.54) is 81.9 Å². The number of rotatable bonds is 9. The third-order valence-corrected chi connectivity index (χ3v) is 8.20. The minimum atomic E-state index is 1.12. The molecule has 0 aromatic carbocycles. The first-order valence-electron chi connectivity index (χ1n) is 10.3. The maximum atomic E-state index is 2.59. The molecule has 3 heteroatoms. The highest BCUT2D eigenvalue weighted by molar-refractivity contribution is 7.14. The van der Waals surface area contributed by atoms with E-state index in [-0.39, 0.29) is 0 Å². The molecule has 3 rings (SSSR count). The number of aryl methyl sites for hydroxylation is 2. The Balaban J connectivity index is 1.90. The van der Waals surface area contributed by atoms with Gasteiger partial charge in [0.25, 0.3) is 0 Å². The number of thiophene rings is 2. The Kier molecular flexibility index (Phi) is 6.99. The van der Waals surface area contributed by atoms with Crippen molar-refractivity contribution in [3.05, 3.63) is 45.1 Å². The van der Waals surface area contributed by atoms with Crippen molar-refractivity contribution >= 4 is 22.7 Å². The van der Waals surface area contributed by atoms with Crippen molar-refractivity contribution in [2.45, 2.75) is 79.7 Å². The van der Waals surface area contributed by atoms with Gasteiger partial charge < -0.3 is 4.57 Å². The smallest absolute Gasteiger partial charge is 0.0589 e. The topological polar surface area (TPSA) is 4.93 Å². The lowest BCUT2D eigenvalue weighted by atomic mass is 10.1. The molecular weight excluding hydrogens is 366 g/mol. The summed E-state index contributed by atoms with van der Waals surface area (Å²) in [5, 5.41) is 4.60. The van der Waals surface area contributed by atoms with E-state index in [2.05, 4.69) is 62.1 Å². The molecule has 0 unspecified atom stereocenters. The molecule has 3 aromatic heterocycles. The highest BCUT2D eigenvalue weighted by atomic mass is 32.1. The van der Waals surface area contributed by atoms with Gasteiger partial charge in [-0.1, -0.05) is 39.0 Å². The van der Waals surface area contributed by atoms with E-state index in [0.29, 0.717) is 0 Å². The Hall–Kier alpha value is -1.32. The van der Waals surface area contributed by atoms with Crippen LogP contribution in [0.5, 0.6) is 0 Å². The summed E-state index contributed by atoms with van der Waals surface area (Å²) in [4.78, 5) is 2.88. The molecule has 27 heavy (non-hydrogen) atoms. The van der Waals surface area contributed by atoms with Crippen molar-refractivity contribution in [3.63, 3.8) is 0 Å². The molecule has 0 N–H and O–H groups in total. The lowest BCUT2D eigenvalue weighted by Crippen LogP contribution is -2.02. The quantitative estimate of drug-likeness (QED) is 0.318. The molecular formula is C24H33NS2. The Morgan fingerprint density at radius 3 is 1.63 bits per heavy atom. The number of hydrogen-bond acceptors (Lipinski definition) is 2. The van der Waals surface area contributed by atoms with E-state index < -0.39 is 0 Å². The van der Waals surface area contributed by atoms with Crippen LogP contribution in [0.4, 0.5) is 0 Å². The lowest BCUT2D eigenvalue weighted by molar-refractivity contribution is 0.563. The zero-order valence-electron chi connectivity index (χ0n) is 17.5. The SMILES string of the molecule is CCCCCCCCn1c(-c2scc(C)c2C)ccc1-c1scc(C)c1C. The van der Waals surface area contributed by atoms with Crippen molar-refractivity contribution in [1.29, 1.82) is 0 Å². The van der Waals surface area contributed by atoms with Crippen molar-refractivity contribution in [2.24, 2.45) is 0 Å². The maximum absolute atomic E-state index is 2.59. The largest absolute Gasteiger partial charge is 0.339 e. The second kappa shape index (κ2) is 9.25. The predicted molar refractivity (Wildman–Crippen MR) is 123 cm³/mol. The Morgan fingerprint density at radius 2 is 1.19 bits per heavy atom. The summed E-state index contributed by atoms with van der Waals surface area (Å²) >= 11 is 3.79. The molecule has 0 radical (unpaired) electrons. The maximum Gasteiger partial charge on any atom is 0.0589 e. The van der Waals surface area contributed by atoms with E-state index in [1.807, 2.05) is 22.7 Å². The van der Waals surface area contributed by atoms with Gasteiger partial charge in [-0.25, -0.2) is 0 Å². The van der Waals surface area contributed by atoms with Crippen LogP contribution in [0.15, 0.2) is 22.9 Å². The summed E-state index contributed by atoms with van der Waals surface area (Å²) < 4.78 is 2.59. The summed E-state index contributed by atoms with van der Waals surface area (Å²) in [6.45, 7) is 12.4.